The Morgan fingerprint density at radius 3 is 2.95 bits per heavy atom. The number of halogens is 1. The monoisotopic (exact) mass is 333 g/mol. The molecule has 2 aromatic heterocycles. The average molecular weight is 334 g/mol. The molecule has 0 aliphatic heterocycles. The Labute approximate surface area is 135 Å². The highest BCUT2D eigenvalue weighted by Gasteiger charge is 2.13. The van der Waals surface area contributed by atoms with Crippen molar-refractivity contribution in [2.75, 3.05) is 0 Å². The van der Waals surface area contributed by atoms with E-state index >= 15 is 0 Å². The van der Waals surface area contributed by atoms with Gasteiger partial charge in [-0.25, -0.2) is 4.98 Å². The standard InChI is InChI=1S/C15H12ClN3O2S/c1-19-5-4-11(18-19)6-9(7-14(20)21)15-17-12-8-10(16)2-3-13(12)22-15/h2-6,8H,7H2,1H3,(H,20,21)/b9-6+. The molecule has 0 bridgehead atoms. The summed E-state index contributed by atoms with van der Waals surface area (Å²) in [5.74, 6) is -0.903. The Hall–Kier alpha value is -2.18. The van der Waals surface area contributed by atoms with E-state index < -0.39 is 5.97 Å². The van der Waals surface area contributed by atoms with Crippen LogP contribution in [0, 0.1) is 0 Å². The third kappa shape index (κ3) is 3.18. The smallest absolute Gasteiger partial charge is 0.307 e. The molecule has 0 aliphatic carbocycles. The summed E-state index contributed by atoms with van der Waals surface area (Å²) in [6.07, 6.45) is 3.46. The van der Waals surface area contributed by atoms with Gasteiger partial charge in [0, 0.05) is 23.8 Å². The Bertz CT molecular complexity index is 882. The van der Waals surface area contributed by atoms with Gasteiger partial charge in [0.25, 0.3) is 0 Å². The van der Waals surface area contributed by atoms with Gasteiger partial charge in [-0.3, -0.25) is 9.48 Å². The van der Waals surface area contributed by atoms with Crippen LogP contribution in [0.2, 0.25) is 5.02 Å². The number of fused-ring (bicyclic) bond motifs is 1. The molecule has 112 valence electrons. The van der Waals surface area contributed by atoms with E-state index in [1.165, 1.54) is 11.3 Å². The zero-order chi connectivity index (χ0) is 15.7. The highest BCUT2D eigenvalue weighted by Crippen LogP contribution is 2.31. The number of aryl methyl sites for hydroxylation is 1. The van der Waals surface area contributed by atoms with Crippen molar-refractivity contribution in [2.24, 2.45) is 7.05 Å². The first-order valence-electron chi connectivity index (χ1n) is 6.50. The maximum absolute atomic E-state index is 11.1. The molecule has 0 spiro atoms. The first-order valence-corrected chi connectivity index (χ1v) is 7.69. The number of thiazole rings is 1. The van der Waals surface area contributed by atoms with E-state index in [2.05, 4.69) is 10.1 Å². The molecule has 5 nitrogen and oxygen atoms in total. The van der Waals surface area contributed by atoms with Crippen molar-refractivity contribution in [1.82, 2.24) is 14.8 Å². The Morgan fingerprint density at radius 1 is 1.45 bits per heavy atom. The molecule has 0 unspecified atom stereocenters. The molecule has 22 heavy (non-hydrogen) atoms. The van der Waals surface area contributed by atoms with Crippen molar-refractivity contribution < 1.29 is 9.90 Å². The highest BCUT2D eigenvalue weighted by atomic mass is 35.5. The van der Waals surface area contributed by atoms with Crippen LogP contribution >= 0.6 is 22.9 Å². The molecule has 7 heteroatoms. The van der Waals surface area contributed by atoms with Gasteiger partial charge in [0.2, 0.25) is 0 Å². The lowest BCUT2D eigenvalue weighted by molar-refractivity contribution is -0.135. The molecule has 0 fully saturated rings. The number of nitrogens with zero attached hydrogens (tertiary/aromatic N) is 3. The van der Waals surface area contributed by atoms with Crippen LogP contribution in [0.3, 0.4) is 0 Å². The number of carbonyl (C=O) groups is 1. The Morgan fingerprint density at radius 2 is 2.27 bits per heavy atom. The highest BCUT2D eigenvalue weighted by molar-refractivity contribution is 7.19. The molecule has 0 saturated carbocycles. The normalized spacial score (nSPS) is 12.0. The number of carboxylic acid groups (broad SMARTS) is 1. The lowest BCUT2D eigenvalue weighted by atomic mass is 10.1. The van der Waals surface area contributed by atoms with Gasteiger partial charge in [-0.15, -0.1) is 11.3 Å². The second kappa shape index (κ2) is 5.90. The summed E-state index contributed by atoms with van der Waals surface area (Å²) in [6.45, 7) is 0. The van der Waals surface area contributed by atoms with E-state index in [1.807, 2.05) is 25.4 Å². The lowest BCUT2D eigenvalue weighted by Gasteiger charge is -1.99. The summed E-state index contributed by atoms with van der Waals surface area (Å²) in [4.78, 5) is 15.6. The molecule has 1 N–H and O–H groups in total. The van der Waals surface area contributed by atoms with Crippen LogP contribution in [-0.4, -0.2) is 25.8 Å². The van der Waals surface area contributed by atoms with Crippen molar-refractivity contribution in [2.45, 2.75) is 6.42 Å². The van der Waals surface area contributed by atoms with Crippen molar-refractivity contribution in [3.05, 3.63) is 46.2 Å². The van der Waals surface area contributed by atoms with Crippen LogP contribution in [0.15, 0.2) is 30.5 Å². The molecule has 3 rings (SSSR count). The minimum absolute atomic E-state index is 0.107. The van der Waals surface area contributed by atoms with Crippen LogP contribution in [-0.2, 0) is 11.8 Å². The zero-order valence-electron chi connectivity index (χ0n) is 11.7. The summed E-state index contributed by atoms with van der Waals surface area (Å²) in [5.41, 5.74) is 2.10. The summed E-state index contributed by atoms with van der Waals surface area (Å²) in [6, 6.07) is 7.28. The van der Waals surface area contributed by atoms with Crippen LogP contribution in [0.4, 0.5) is 0 Å². The average Bonchev–Trinajstić information content (AvgIpc) is 3.03. The minimum Gasteiger partial charge on any atom is -0.481 e. The maximum atomic E-state index is 11.1. The minimum atomic E-state index is -0.903. The van der Waals surface area contributed by atoms with Gasteiger partial charge in [0.15, 0.2) is 0 Å². The van der Waals surface area contributed by atoms with Crippen molar-refractivity contribution in [3.8, 4) is 0 Å². The Kier molecular flexibility index (Phi) is 3.96. The fourth-order valence-corrected chi connectivity index (χ4v) is 3.20. The number of hydrogen-bond donors (Lipinski definition) is 1. The number of hydrogen-bond acceptors (Lipinski definition) is 4. The SMILES string of the molecule is Cn1ccc(/C=C(\CC(=O)O)c2nc3cc(Cl)ccc3s2)n1. The van der Waals surface area contributed by atoms with Crippen LogP contribution in [0.25, 0.3) is 21.9 Å². The number of carboxylic acids is 1. The predicted octanol–water partition coefficient (Wildman–Crippen LogP) is 3.70. The Balaban J connectivity index is 2.07. The van der Waals surface area contributed by atoms with Gasteiger partial charge >= 0.3 is 5.97 Å². The quantitative estimate of drug-likeness (QED) is 0.790. The van der Waals surface area contributed by atoms with E-state index in [-0.39, 0.29) is 6.42 Å². The second-order valence-electron chi connectivity index (χ2n) is 4.79. The van der Waals surface area contributed by atoms with Crippen LogP contribution in [0.5, 0.6) is 0 Å². The summed E-state index contributed by atoms with van der Waals surface area (Å²) in [7, 11) is 1.81. The fraction of sp³-hybridized carbons (Fsp3) is 0.133. The van der Waals surface area contributed by atoms with Gasteiger partial charge < -0.3 is 5.11 Å². The molecule has 0 amide bonds. The molecular formula is C15H12ClN3O2S. The summed E-state index contributed by atoms with van der Waals surface area (Å²) >= 11 is 7.41. The lowest BCUT2D eigenvalue weighted by Crippen LogP contribution is -1.97. The summed E-state index contributed by atoms with van der Waals surface area (Å²) in [5, 5.41) is 14.7. The zero-order valence-corrected chi connectivity index (χ0v) is 13.2. The number of rotatable bonds is 4. The molecule has 0 atom stereocenters. The van der Waals surface area contributed by atoms with E-state index in [9.17, 15) is 4.79 Å². The van der Waals surface area contributed by atoms with Gasteiger partial charge in [0.05, 0.1) is 22.3 Å². The number of benzene rings is 1. The number of aliphatic carboxylic acids is 1. The van der Waals surface area contributed by atoms with Crippen LogP contribution in [0.1, 0.15) is 17.1 Å². The molecule has 2 heterocycles. The van der Waals surface area contributed by atoms with E-state index in [0.717, 1.165) is 10.2 Å². The third-order valence-corrected chi connectivity index (χ3v) is 4.37. The van der Waals surface area contributed by atoms with Crippen molar-refractivity contribution in [3.63, 3.8) is 0 Å². The molecular weight excluding hydrogens is 322 g/mol. The topological polar surface area (TPSA) is 68.0 Å². The fourth-order valence-electron chi connectivity index (χ4n) is 2.08. The van der Waals surface area contributed by atoms with Crippen LogP contribution < -0.4 is 0 Å². The molecule has 1 aromatic carbocycles. The van der Waals surface area contributed by atoms with Gasteiger partial charge in [-0.2, -0.15) is 5.10 Å². The van der Waals surface area contributed by atoms with Gasteiger partial charge in [-0.1, -0.05) is 11.6 Å². The molecule has 0 aliphatic rings. The molecule has 0 radical (unpaired) electrons. The largest absolute Gasteiger partial charge is 0.481 e. The second-order valence-corrected chi connectivity index (χ2v) is 6.25. The van der Waals surface area contributed by atoms with E-state index in [0.29, 0.717) is 21.3 Å². The third-order valence-electron chi connectivity index (χ3n) is 3.02. The maximum Gasteiger partial charge on any atom is 0.307 e. The van der Waals surface area contributed by atoms with Crippen molar-refractivity contribution >= 4 is 50.8 Å². The first kappa shape index (κ1) is 14.7. The van der Waals surface area contributed by atoms with E-state index in [4.69, 9.17) is 16.7 Å². The van der Waals surface area contributed by atoms with Gasteiger partial charge in [-0.05, 0) is 30.3 Å². The molecule has 0 saturated heterocycles. The van der Waals surface area contributed by atoms with E-state index in [1.54, 1.807) is 22.9 Å². The predicted molar refractivity (Wildman–Crippen MR) is 88.0 cm³/mol. The van der Waals surface area contributed by atoms with Gasteiger partial charge in [0.1, 0.15) is 5.01 Å². The first-order chi connectivity index (χ1) is 10.5. The molecule has 3 aromatic rings. The number of aromatic nitrogens is 3. The van der Waals surface area contributed by atoms with Crippen molar-refractivity contribution in [1.29, 1.82) is 0 Å². The summed E-state index contributed by atoms with van der Waals surface area (Å²) < 4.78 is 2.64.